The zero-order chi connectivity index (χ0) is 13.4. The number of hydrogen-bond acceptors (Lipinski definition) is 4. The Morgan fingerprint density at radius 3 is 2.56 bits per heavy atom. The van der Waals surface area contributed by atoms with E-state index in [1.807, 2.05) is 18.2 Å². The van der Waals surface area contributed by atoms with Crippen LogP contribution in [-0.2, 0) is 6.54 Å². The molecule has 1 aromatic carbocycles. The molecule has 0 aromatic heterocycles. The molecule has 0 aliphatic heterocycles. The summed E-state index contributed by atoms with van der Waals surface area (Å²) in [5.74, 6) is 1.71. The molecule has 18 heavy (non-hydrogen) atoms. The van der Waals surface area contributed by atoms with Crippen LogP contribution < -0.4 is 9.47 Å². The highest BCUT2D eigenvalue weighted by molar-refractivity contribution is 5.40. The van der Waals surface area contributed by atoms with E-state index in [4.69, 9.17) is 14.6 Å². The molecule has 0 spiro atoms. The maximum absolute atomic E-state index is 8.89. The summed E-state index contributed by atoms with van der Waals surface area (Å²) in [5, 5.41) is 8.89. The Morgan fingerprint density at radius 2 is 2.00 bits per heavy atom. The van der Waals surface area contributed by atoms with Gasteiger partial charge in [-0.1, -0.05) is 6.92 Å². The molecule has 0 atom stereocenters. The number of methoxy groups -OCH3 is 2. The molecule has 0 heterocycles. The van der Waals surface area contributed by atoms with E-state index >= 15 is 0 Å². The van der Waals surface area contributed by atoms with E-state index < -0.39 is 0 Å². The third kappa shape index (κ3) is 4.20. The number of ether oxygens (including phenoxy) is 2. The highest BCUT2D eigenvalue weighted by Gasteiger charge is 2.09. The van der Waals surface area contributed by atoms with Gasteiger partial charge in [0.2, 0.25) is 0 Å². The van der Waals surface area contributed by atoms with Crippen LogP contribution in [0.5, 0.6) is 11.5 Å². The van der Waals surface area contributed by atoms with Crippen molar-refractivity contribution in [3.8, 4) is 11.5 Å². The zero-order valence-electron chi connectivity index (χ0n) is 11.5. The van der Waals surface area contributed by atoms with Gasteiger partial charge in [0, 0.05) is 25.3 Å². The van der Waals surface area contributed by atoms with Gasteiger partial charge < -0.3 is 14.6 Å². The topological polar surface area (TPSA) is 41.9 Å². The Morgan fingerprint density at radius 1 is 1.22 bits per heavy atom. The van der Waals surface area contributed by atoms with Crippen LogP contribution in [0.25, 0.3) is 0 Å². The first-order chi connectivity index (χ1) is 8.74. The van der Waals surface area contributed by atoms with Crippen molar-refractivity contribution in [2.45, 2.75) is 19.9 Å². The fraction of sp³-hybridized carbons (Fsp3) is 0.571. The first-order valence-electron chi connectivity index (χ1n) is 6.29. The molecule has 0 bridgehead atoms. The molecule has 1 N–H and O–H groups in total. The molecule has 4 nitrogen and oxygen atoms in total. The van der Waals surface area contributed by atoms with Crippen molar-refractivity contribution in [3.05, 3.63) is 23.8 Å². The van der Waals surface area contributed by atoms with Gasteiger partial charge >= 0.3 is 0 Å². The molecule has 4 heteroatoms. The lowest BCUT2D eigenvalue weighted by Gasteiger charge is -2.21. The summed E-state index contributed by atoms with van der Waals surface area (Å²) in [5.41, 5.74) is 1.11. The van der Waals surface area contributed by atoms with E-state index in [2.05, 4.69) is 11.8 Å². The van der Waals surface area contributed by atoms with Crippen LogP contribution in [0.1, 0.15) is 18.9 Å². The lowest BCUT2D eigenvalue weighted by atomic mass is 10.1. The second kappa shape index (κ2) is 7.95. The molecule has 0 amide bonds. The Kier molecular flexibility index (Phi) is 6.54. The van der Waals surface area contributed by atoms with Crippen LogP contribution in [-0.4, -0.2) is 43.9 Å². The summed E-state index contributed by atoms with van der Waals surface area (Å²) >= 11 is 0. The average Bonchev–Trinajstić information content (AvgIpc) is 2.43. The summed E-state index contributed by atoms with van der Waals surface area (Å²) in [4.78, 5) is 2.27. The third-order valence-electron chi connectivity index (χ3n) is 2.96. The van der Waals surface area contributed by atoms with Gasteiger partial charge in [-0.3, -0.25) is 4.90 Å². The number of benzene rings is 1. The quantitative estimate of drug-likeness (QED) is 0.768. The lowest BCUT2D eigenvalue weighted by molar-refractivity contribution is 0.223. The summed E-state index contributed by atoms with van der Waals surface area (Å²) < 4.78 is 10.6. The van der Waals surface area contributed by atoms with E-state index in [1.54, 1.807) is 14.2 Å². The summed E-state index contributed by atoms with van der Waals surface area (Å²) in [7, 11) is 3.34. The van der Waals surface area contributed by atoms with Crippen molar-refractivity contribution in [3.63, 3.8) is 0 Å². The Bertz CT molecular complexity index is 355. The first-order valence-corrected chi connectivity index (χ1v) is 6.29. The molecule has 1 aromatic rings. The van der Waals surface area contributed by atoms with Gasteiger partial charge in [-0.25, -0.2) is 0 Å². The second-order valence-electron chi connectivity index (χ2n) is 4.12. The molecular weight excluding hydrogens is 230 g/mol. The van der Waals surface area contributed by atoms with Crippen molar-refractivity contribution >= 4 is 0 Å². The summed E-state index contributed by atoms with van der Waals surface area (Å²) in [6.45, 7) is 4.97. The monoisotopic (exact) mass is 253 g/mol. The van der Waals surface area contributed by atoms with Crippen LogP contribution >= 0.6 is 0 Å². The van der Waals surface area contributed by atoms with E-state index in [0.717, 1.165) is 43.1 Å². The van der Waals surface area contributed by atoms with E-state index in [-0.39, 0.29) is 6.61 Å². The van der Waals surface area contributed by atoms with Crippen molar-refractivity contribution in [1.82, 2.24) is 4.90 Å². The Hall–Kier alpha value is -1.26. The number of rotatable bonds is 8. The molecular formula is C14H23NO3. The maximum atomic E-state index is 8.89. The van der Waals surface area contributed by atoms with Crippen LogP contribution in [0, 0.1) is 0 Å². The minimum absolute atomic E-state index is 0.228. The van der Waals surface area contributed by atoms with Crippen molar-refractivity contribution < 1.29 is 14.6 Å². The lowest BCUT2D eigenvalue weighted by Crippen LogP contribution is -2.25. The van der Waals surface area contributed by atoms with Crippen LogP contribution in [0.3, 0.4) is 0 Å². The van der Waals surface area contributed by atoms with E-state index in [1.165, 1.54) is 0 Å². The predicted octanol–water partition coefficient (Wildman–Crippen LogP) is 1.91. The molecule has 0 fully saturated rings. The SMILES string of the molecule is CCN(CCCO)Cc1cc(OC)ccc1OC. The minimum Gasteiger partial charge on any atom is -0.497 e. The fourth-order valence-electron chi connectivity index (χ4n) is 1.89. The predicted molar refractivity (Wildman–Crippen MR) is 72.2 cm³/mol. The molecule has 0 saturated carbocycles. The van der Waals surface area contributed by atoms with E-state index in [9.17, 15) is 0 Å². The molecule has 0 saturated heterocycles. The van der Waals surface area contributed by atoms with Gasteiger partial charge in [-0.15, -0.1) is 0 Å². The van der Waals surface area contributed by atoms with Crippen LogP contribution in [0.4, 0.5) is 0 Å². The first kappa shape index (κ1) is 14.8. The van der Waals surface area contributed by atoms with Crippen molar-refractivity contribution in [2.75, 3.05) is 33.9 Å². The molecule has 0 aliphatic carbocycles. The summed E-state index contributed by atoms with van der Waals surface area (Å²) in [6.07, 6.45) is 0.792. The molecule has 0 aliphatic rings. The Labute approximate surface area is 109 Å². The standard InChI is InChI=1S/C14H23NO3/c1-4-15(8-5-9-16)11-12-10-13(17-2)6-7-14(12)18-3/h6-7,10,16H,4-5,8-9,11H2,1-3H3. The molecule has 0 unspecified atom stereocenters. The number of aliphatic hydroxyl groups is 1. The van der Waals surface area contributed by atoms with Gasteiger partial charge in [0.25, 0.3) is 0 Å². The zero-order valence-corrected chi connectivity index (χ0v) is 11.5. The van der Waals surface area contributed by atoms with Crippen molar-refractivity contribution in [2.24, 2.45) is 0 Å². The van der Waals surface area contributed by atoms with Gasteiger partial charge in [-0.05, 0) is 31.2 Å². The molecule has 102 valence electrons. The van der Waals surface area contributed by atoms with Gasteiger partial charge in [0.05, 0.1) is 14.2 Å². The van der Waals surface area contributed by atoms with Gasteiger partial charge in [0.1, 0.15) is 11.5 Å². The number of nitrogens with zero attached hydrogens (tertiary/aromatic N) is 1. The minimum atomic E-state index is 0.228. The smallest absolute Gasteiger partial charge is 0.123 e. The normalized spacial score (nSPS) is 10.7. The van der Waals surface area contributed by atoms with E-state index in [0.29, 0.717) is 0 Å². The molecule has 0 radical (unpaired) electrons. The van der Waals surface area contributed by atoms with Crippen molar-refractivity contribution in [1.29, 1.82) is 0 Å². The third-order valence-corrected chi connectivity index (χ3v) is 2.96. The van der Waals surface area contributed by atoms with Gasteiger partial charge in [0.15, 0.2) is 0 Å². The fourth-order valence-corrected chi connectivity index (χ4v) is 1.89. The Balaban J connectivity index is 2.78. The largest absolute Gasteiger partial charge is 0.497 e. The van der Waals surface area contributed by atoms with Crippen LogP contribution in [0.15, 0.2) is 18.2 Å². The highest BCUT2D eigenvalue weighted by Crippen LogP contribution is 2.25. The second-order valence-corrected chi connectivity index (χ2v) is 4.12. The number of hydrogen-bond donors (Lipinski definition) is 1. The number of aliphatic hydroxyl groups excluding tert-OH is 1. The van der Waals surface area contributed by atoms with Crippen LogP contribution in [0.2, 0.25) is 0 Å². The summed E-state index contributed by atoms with van der Waals surface area (Å²) in [6, 6.07) is 5.82. The highest BCUT2D eigenvalue weighted by atomic mass is 16.5. The average molecular weight is 253 g/mol. The van der Waals surface area contributed by atoms with Gasteiger partial charge in [-0.2, -0.15) is 0 Å². The molecule has 1 rings (SSSR count). The maximum Gasteiger partial charge on any atom is 0.123 e.